The van der Waals surface area contributed by atoms with Crippen molar-refractivity contribution in [2.75, 3.05) is 0 Å². The Labute approximate surface area is 197 Å². The van der Waals surface area contributed by atoms with E-state index in [4.69, 9.17) is 23.2 Å². The van der Waals surface area contributed by atoms with Crippen LogP contribution in [0, 0.1) is 10.1 Å². The minimum absolute atomic E-state index is 0.0529. The Morgan fingerprint density at radius 2 is 1.78 bits per heavy atom. The zero-order valence-corrected chi connectivity index (χ0v) is 19.8. The number of nitro benzene ring substituents is 1. The van der Waals surface area contributed by atoms with Gasteiger partial charge in [-0.1, -0.05) is 61.3 Å². The molecule has 2 amide bonds. The molecule has 0 radical (unpaired) electrons. The Bertz CT molecular complexity index is 983. The topological polar surface area (TPSA) is 92.6 Å². The number of hydrogen-bond acceptors (Lipinski definition) is 4. The van der Waals surface area contributed by atoms with Crippen molar-refractivity contribution in [2.24, 2.45) is 0 Å². The predicted molar refractivity (Wildman–Crippen MR) is 126 cm³/mol. The van der Waals surface area contributed by atoms with Crippen LogP contribution in [0.3, 0.4) is 0 Å². The van der Waals surface area contributed by atoms with Crippen LogP contribution in [-0.4, -0.2) is 33.7 Å². The van der Waals surface area contributed by atoms with E-state index in [1.54, 1.807) is 36.4 Å². The van der Waals surface area contributed by atoms with E-state index in [1.807, 2.05) is 20.8 Å². The fraction of sp³-hybridized carbons (Fsp3) is 0.391. The number of carbonyl (C=O) groups excluding carboxylic acids is 2. The number of para-hydroxylation sites is 1. The SMILES string of the molecule is CC[C@H](C(=O)N[C@@H](C)CC)N(Cc1ccc(Cl)cc1Cl)C(=O)Cc1ccccc1[N+](=O)[O-]. The normalized spacial score (nSPS) is 12.7. The molecule has 0 spiro atoms. The Kier molecular flexibility index (Phi) is 9.47. The lowest BCUT2D eigenvalue weighted by atomic mass is 10.0. The van der Waals surface area contributed by atoms with Gasteiger partial charge in [0.2, 0.25) is 11.8 Å². The maximum absolute atomic E-state index is 13.4. The van der Waals surface area contributed by atoms with Crippen molar-refractivity contribution < 1.29 is 14.5 Å². The third-order valence-electron chi connectivity index (χ3n) is 5.27. The molecule has 0 aliphatic heterocycles. The maximum Gasteiger partial charge on any atom is 0.273 e. The maximum atomic E-state index is 13.4. The molecule has 0 fully saturated rings. The van der Waals surface area contributed by atoms with Crippen LogP contribution in [0.15, 0.2) is 42.5 Å². The van der Waals surface area contributed by atoms with Crippen molar-refractivity contribution in [3.05, 3.63) is 73.8 Å². The van der Waals surface area contributed by atoms with Gasteiger partial charge in [0, 0.05) is 34.3 Å². The first kappa shape index (κ1) is 25.6. The Morgan fingerprint density at radius 3 is 2.38 bits per heavy atom. The van der Waals surface area contributed by atoms with E-state index >= 15 is 0 Å². The molecule has 1 N–H and O–H groups in total. The first-order chi connectivity index (χ1) is 15.2. The van der Waals surface area contributed by atoms with Crippen molar-refractivity contribution >= 4 is 40.7 Å². The smallest absolute Gasteiger partial charge is 0.273 e. The van der Waals surface area contributed by atoms with Gasteiger partial charge in [0.15, 0.2) is 0 Å². The number of hydrogen-bond donors (Lipinski definition) is 1. The minimum atomic E-state index is -0.758. The van der Waals surface area contributed by atoms with Gasteiger partial charge in [-0.3, -0.25) is 19.7 Å². The minimum Gasteiger partial charge on any atom is -0.352 e. The van der Waals surface area contributed by atoms with E-state index < -0.39 is 16.9 Å². The van der Waals surface area contributed by atoms with Crippen molar-refractivity contribution in [2.45, 2.75) is 58.7 Å². The highest BCUT2D eigenvalue weighted by molar-refractivity contribution is 6.35. The van der Waals surface area contributed by atoms with Crippen molar-refractivity contribution in [3.63, 3.8) is 0 Å². The second-order valence-electron chi connectivity index (χ2n) is 7.56. The molecule has 0 saturated heterocycles. The third-order valence-corrected chi connectivity index (χ3v) is 5.86. The molecule has 0 heterocycles. The molecule has 2 aromatic rings. The molecule has 0 bridgehead atoms. The molecule has 0 saturated carbocycles. The van der Waals surface area contributed by atoms with Crippen molar-refractivity contribution in [3.8, 4) is 0 Å². The van der Waals surface area contributed by atoms with Crippen LogP contribution in [0.2, 0.25) is 10.0 Å². The summed E-state index contributed by atoms with van der Waals surface area (Å²) in [6.45, 7) is 5.73. The summed E-state index contributed by atoms with van der Waals surface area (Å²) in [4.78, 5) is 38.7. The molecule has 9 heteroatoms. The highest BCUT2D eigenvalue weighted by Gasteiger charge is 2.30. The van der Waals surface area contributed by atoms with Crippen LogP contribution >= 0.6 is 23.2 Å². The highest BCUT2D eigenvalue weighted by atomic mass is 35.5. The van der Waals surface area contributed by atoms with Crippen LogP contribution < -0.4 is 5.32 Å². The first-order valence-electron chi connectivity index (χ1n) is 10.4. The summed E-state index contributed by atoms with van der Waals surface area (Å²) in [6.07, 6.45) is 0.904. The molecular weight excluding hydrogens is 453 g/mol. The van der Waals surface area contributed by atoms with E-state index in [1.165, 1.54) is 11.0 Å². The Morgan fingerprint density at radius 1 is 1.09 bits per heavy atom. The van der Waals surface area contributed by atoms with Crippen LogP contribution in [0.25, 0.3) is 0 Å². The second kappa shape index (κ2) is 11.8. The zero-order chi connectivity index (χ0) is 23.8. The lowest BCUT2D eigenvalue weighted by molar-refractivity contribution is -0.385. The molecule has 2 aromatic carbocycles. The number of rotatable bonds is 10. The molecule has 0 aliphatic rings. The first-order valence-corrected chi connectivity index (χ1v) is 11.2. The average Bonchev–Trinajstić information content (AvgIpc) is 2.75. The summed E-state index contributed by atoms with van der Waals surface area (Å²) in [6, 6.07) is 10.2. The van der Waals surface area contributed by atoms with Crippen LogP contribution in [0.4, 0.5) is 5.69 Å². The van der Waals surface area contributed by atoms with E-state index in [0.717, 1.165) is 6.42 Å². The molecule has 2 rings (SSSR count). The van der Waals surface area contributed by atoms with Gasteiger partial charge in [-0.15, -0.1) is 0 Å². The second-order valence-corrected chi connectivity index (χ2v) is 8.41. The lowest BCUT2D eigenvalue weighted by Gasteiger charge is -2.31. The van der Waals surface area contributed by atoms with Gasteiger partial charge < -0.3 is 10.2 Å². The molecular formula is C23H27Cl2N3O4. The van der Waals surface area contributed by atoms with Gasteiger partial charge in [0.1, 0.15) is 6.04 Å². The zero-order valence-electron chi connectivity index (χ0n) is 18.3. The van der Waals surface area contributed by atoms with E-state index in [0.29, 0.717) is 22.0 Å². The van der Waals surface area contributed by atoms with E-state index in [9.17, 15) is 19.7 Å². The quantitative estimate of drug-likeness (QED) is 0.375. The monoisotopic (exact) mass is 479 g/mol. The molecule has 0 aliphatic carbocycles. The predicted octanol–water partition coefficient (Wildman–Crippen LogP) is 5.17. The van der Waals surface area contributed by atoms with Gasteiger partial charge in [-0.2, -0.15) is 0 Å². The van der Waals surface area contributed by atoms with Gasteiger partial charge in [-0.05, 0) is 37.5 Å². The lowest BCUT2D eigenvalue weighted by Crippen LogP contribution is -2.51. The average molecular weight is 480 g/mol. The Balaban J connectivity index is 2.41. The van der Waals surface area contributed by atoms with Gasteiger partial charge in [0.25, 0.3) is 5.69 Å². The molecule has 2 atom stereocenters. The summed E-state index contributed by atoms with van der Waals surface area (Å²) in [5, 5.41) is 15.1. The number of nitrogens with zero attached hydrogens (tertiary/aromatic N) is 2. The molecule has 32 heavy (non-hydrogen) atoms. The number of amides is 2. The van der Waals surface area contributed by atoms with Gasteiger partial charge >= 0.3 is 0 Å². The molecule has 172 valence electrons. The fourth-order valence-electron chi connectivity index (χ4n) is 3.30. The van der Waals surface area contributed by atoms with Crippen molar-refractivity contribution in [1.82, 2.24) is 10.2 Å². The van der Waals surface area contributed by atoms with Gasteiger partial charge in [0.05, 0.1) is 11.3 Å². The summed E-state index contributed by atoms with van der Waals surface area (Å²) >= 11 is 12.3. The van der Waals surface area contributed by atoms with Crippen LogP contribution in [0.1, 0.15) is 44.7 Å². The number of nitrogens with one attached hydrogen (secondary N) is 1. The molecule has 0 aromatic heterocycles. The summed E-state index contributed by atoms with van der Waals surface area (Å²) in [5.74, 6) is -0.681. The largest absolute Gasteiger partial charge is 0.352 e. The summed E-state index contributed by atoms with van der Waals surface area (Å²) in [5.41, 5.74) is 0.774. The molecule has 7 nitrogen and oxygen atoms in total. The Hall–Kier alpha value is -2.64. The number of nitro groups is 1. The third kappa shape index (κ3) is 6.68. The number of benzene rings is 2. The molecule has 0 unspecified atom stereocenters. The summed E-state index contributed by atoms with van der Waals surface area (Å²) in [7, 11) is 0. The van der Waals surface area contributed by atoms with Crippen molar-refractivity contribution in [1.29, 1.82) is 0 Å². The van der Waals surface area contributed by atoms with Crippen LogP contribution in [0.5, 0.6) is 0 Å². The number of carbonyl (C=O) groups is 2. The van der Waals surface area contributed by atoms with E-state index in [2.05, 4.69) is 5.32 Å². The standard InChI is InChI=1S/C23H27Cl2N3O4/c1-4-15(3)26-23(30)20(5-2)27(14-17-10-11-18(24)13-19(17)25)22(29)12-16-8-6-7-9-21(16)28(31)32/h6-11,13,15,20H,4-5,12,14H2,1-3H3,(H,26,30)/t15-,20+/m0/s1. The van der Waals surface area contributed by atoms with Gasteiger partial charge in [-0.25, -0.2) is 0 Å². The van der Waals surface area contributed by atoms with E-state index in [-0.39, 0.29) is 36.2 Å². The number of halogens is 2. The summed E-state index contributed by atoms with van der Waals surface area (Å²) < 4.78 is 0. The fourth-order valence-corrected chi connectivity index (χ4v) is 3.77. The van der Waals surface area contributed by atoms with Crippen LogP contribution in [-0.2, 0) is 22.6 Å². The highest BCUT2D eigenvalue weighted by Crippen LogP contribution is 2.25.